The predicted octanol–water partition coefficient (Wildman–Crippen LogP) is 2.19. The maximum atomic E-state index is 12.7. The highest BCUT2D eigenvalue weighted by atomic mass is 16.5. The van der Waals surface area contributed by atoms with Crippen LogP contribution >= 0.6 is 0 Å². The molecule has 4 rings (SSSR count). The first kappa shape index (κ1) is 21.4. The molecule has 0 spiro atoms. The third-order valence-electron chi connectivity index (χ3n) is 5.67. The highest BCUT2D eigenvalue weighted by molar-refractivity contribution is 6.08. The van der Waals surface area contributed by atoms with E-state index in [4.69, 9.17) is 4.52 Å². The fourth-order valence-electron chi connectivity index (χ4n) is 4.02. The minimum absolute atomic E-state index is 0.0160. The van der Waals surface area contributed by atoms with E-state index in [0.29, 0.717) is 11.5 Å². The minimum Gasteiger partial charge on any atom is -0.334 e. The van der Waals surface area contributed by atoms with Crippen LogP contribution in [0.25, 0.3) is 11.5 Å². The monoisotopic (exact) mass is 436 g/mol. The normalized spacial score (nSPS) is 14.5. The van der Waals surface area contributed by atoms with Crippen molar-refractivity contribution in [2.75, 3.05) is 17.3 Å². The molecule has 32 heavy (non-hydrogen) atoms. The van der Waals surface area contributed by atoms with Crippen LogP contribution in [0.2, 0.25) is 0 Å². The molecule has 0 saturated carbocycles. The zero-order chi connectivity index (χ0) is 23.2. The number of nitrogens with one attached hydrogen (secondary N) is 1. The molecule has 0 saturated heterocycles. The van der Waals surface area contributed by atoms with E-state index in [1.165, 1.54) is 17.1 Å². The van der Waals surface area contributed by atoms with Gasteiger partial charge in [0.25, 0.3) is 11.4 Å². The van der Waals surface area contributed by atoms with Crippen LogP contribution in [0.1, 0.15) is 37.2 Å². The van der Waals surface area contributed by atoms with Gasteiger partial charge in [-0.25, -0.2) is 4.98 Å². The summed E-state index contributed by atoms with van der Waals surface area (Å²) in [5.41, 5.74) is 2.42. The van der Waals surface area contributed by atoms with Crippen LogP contribution in [0.15, 0.2) is 34.0 Å². The van der Waals surface area contributed by atoms with Gasteiger partial charge in [-0.15, -0.1) is 0 Å². The first-order valence-electron chi connectivity index (χ1n) is 10.2. The lowest BCUT2D eigenvalue weighted by atomic mass is 9.85. The number of anilines is 2. The lowest BCUT2D eigenvalue weighted by Crippen LogP contribution is -2.33. The molecule has 0 atom stereocenters. The standard InChI is InChI=1S/C22H24N6O4/c1-12-8-14(9-16-18(12)27(5)21(31)22(16,3)4)25-17(29)6-7-28-11-23-10-15(20(28)30)19-24-13(2)26-32-19/h8-11H,6-7H2,1-5H3,(H,25,29). The second kappa shape index (κ2) is 7.70. The van der Waals surface area contributed by atoms with Crippen molar-refractivity contribution < 1.29 is 14.1 Å². The van der Waals surface area contributed by atoms with E-state index in [9.17, 15) is 14.4 Å². The molecule has 1 N–H and O–H groups in total. The average molecular weight is 436 g/mol. The average Bonchev–Trinajstić information content (AvgIpc) is 3.23. The molecule has 10 nitrogen and oxygen atoms in total. The van der Waals surface area contributed by atoms with Gasteiger partial charge >= 0.3 is 0 Å². The van der Waals surface area contributed by atoms with Crippen molar-refractivity contribution in [3.8, 4) is 11.5 Å². The second-order valence-corrected chi connectivity index (χ2v) is 8.43. The quantitative estimate of drug-likeness (QED) is 0.650. The van der Waals surface area contributed by atoms with Crippen LogP contribution in [-0.2, 0) is 21.5 Å². The molecule has 0 bridgehead atoms. The Labute approximate surface area is 184 Å². The topological polar surface area (TPSA) is 123 Å². The lowest BCUT2D eigenvalue weighted by molar-refractivity contribution is -0.121. The number of benzene rings is 1. The zero-order valence-electron chi connectivity index (χ0n) is 18.6. The summed E-state index contributed by atoms with van der Waals surface area (Å²) >= 11 is 0. The number of aromatic nitrogens is 4. The summed E-state index contributed by atoms with van der Waals surface area (Å²) in [5, 5.41) is 6.56. The van der Waals surface area contributed by atoms with Crippen LogP contribution in [-0.4, -0.2) is 38.6 Å². The van der Waals surface area contributed by atoms with E-state index in [1.54, 1.807) is 18.9 Å². The Balaban J connectivity index is 1.49. The van der Waals surface area contributed by atoms with Gasteiger partial charge in [0.2, 0.25) is 11.8 Å². The number of carbonyl (C=O) groups excluding carboxylic acids is 2. The summed E-state index contributed by atoms with van der Waals surface area (Å²) < 4.78 is 6.38. The summed E-state index contributed by atoms with van der Waals surface area (Å²) in [7, 11) is 1.76. The number of amides is 2. The first-order chi connectivity index (χ1) is 15.1. The summed E-state index contributed by atoms with van der Waals surface area (Å²) in [5.74, 6) is 0.262. The van der Waals surface area contributed by atoms with Crippen LogP contribution in [0.4, 0.5) is 11.4 Å². The molecular weight excluding hydrogens is 412 g/mol. The molecule has 0 radical (unpaired) electrons. The highest BCUT2D eigenvalue weighted by Gasteiger charge is 2.43. The van der Waals surface area contributed by atoms with E-state index in [0.717, 1.165) is 16.8 Å². The van der Waals surface area contributed by atoms with Gasteiger partial charge in [0.1, 0.15) is 5.56 Å². The number of aryl methyl sites for hydroxylation is 3. The van der Waals surface area contributed by atoms with Crippen molar-refractivity contribution in [3.05, 3.63) is 52.0 Å². The third kappa shape index (κ3) is 3.57. The first-order valence-corrected chi connectivity index (χ1v) is 10.2. The van der Waals surface area contributed by atoms with E-state index in [2.05, 4.69) is 20.4 Å². The van der Waals surface area contributed by atoms with E-state index in [-0.39, 0.29) is 41.8 Å². The Morgan fingerprint density at radius 1 is 1.22 bits per heavy atom. The summed E-state index contributed by atoms with van der Waals surface area (Å²) in [6.07, 6.45) is 2.79. The fraction of sp³-hybridized carbons (Fsp3) is 0.364. The number of likely N-dealkylation sites (N-methyl/N-ethyl adjacent to an activating group) is 1. The number of hydrogen-bond donors (Lipinski definition) is 1. The van der Waals surface area contributed by atoms with Gasteiger partial charge in [-0.3, -0.25) is 19.0 Å². The van der Waals surface area contributed by atoms with Gasteiger partial charge in [0.15, 0.2) is 5.82 Å². The maximum absolute atomic E-state index is 12.7. The SMILES string of the molecule is Cc1noc(-c2cncn(CCC(=O)Nc3cc(C)c4c(c3)C(C)(C)C(=O)N4C)c2=O)n1. The molecule has 3 aromatic rings. The second-order valence-electron chi connectivity index (χ2n) is 8.43. The molecule has 2 aromatic heterocycles. The Morgan fingerprint density at radius 3 is 2.66 bits per heavy atom. The van der Waals surface area contributed by atoms with Crippen molar-refractivity contribution in [2.24, 2.45) is 0 Å². The molecule has 10 heteroatoms. The van der Waals surface area contributed by atoms with E-state index < -0.39 is 5.41 Å². The molecule has 3 heterocycles. The smallest absolute Gasteiger partial charge is 0.266 e. The number of carbonyl (C=O) groups is 2. The van der Waals surface area contributed by atoms with Crippen molar-refractivity contribution >= 4 is 23.2 Å². The van der Waals surface area contributed by atoms with Gasteiger partial charge in [-0.05, 0) is 51.0 Å². The predicted molar refractivity (Wildman–Crippen MR) is 117 cm³/mol. The minimum atomic E-state index is -0.665. The molecule has 1 aliphatic heterocycles. The van der Waals surface area contributed by atoms with Gasteiger partial charge in [-0.2, -0.15) is 4.98 Å². The molecule has 1 aliphatic rings. The van der Waals surface area contributed by atoms with Crippen molar-refractivity contribution in [2.45, 2.75) is 46.1 Å². The summed E-state index contributed by atoms with van der Waals surface area (Å²) in [4.78, 5) is 47.6. The van der Waals surface area contributed by atoms with Crippen molar-refractivity contribution in [1.29, 1.82) is 0 Å². The molecular formula is C22H24N6O4. The molecule has 1 aromatic carbocycles. The number of rotatable bonds is 5. The van der Waals surface area contributed by atoms with E-state index >= 15 is 0 Å². The Morgan fingerprint density at radius 2 is 1.97 bits per heavy atom. The number of hydrogen-bond acceptors (Lipinski definition) is 7. The number of fused-ring (bicyclic) bond motifs is 1. The van der Waals surface area contributed by atoms with Crippen LogP contribution in [0.5, 0.6) is 0 Å². The van der Waals surface area contributed by atoms with Crippen LogP contribution in [0, 0.1) is 13.8 Å². The molecule has 0 aliphatic carbocycles. The van der Waals surface area contributed by atoms with Crippen molar-refractivity contribution in [3.63, 3.8) is 0 Å². The summed E-state index contributed by atoms with van der Waals surface area (Å²) in [6, 6.07) is 3.68. The van der Waals surface area contributed by atoms with E-state index in [1.807, 2.05) is 32.9 Å². The maximum Gasteiger partial charge on any atom is 0.266 e. The molecule has 166 valence electrons. The van der Waals surface area contributed by atoms with Gasteiger partial charge in [0.05, 0.1) is 17.4 Å². The number of nitrogens with zero attached hydrogens (tertiary/aromatic N) is 5. The van der Waals surface area contributed by atoms with Gasteiger partial charge in [-0.1, -0.05) is 5.16 Å². The van der Waals surface area contributed by atoms with Gasteiger partial charge < -0.3 is 14.7 Å². The summed E-state index contributed by atoms with van der Waals surface area (Å²) in [6.45, 7) is 7.45. The molecule has 0 unspecified atom stereocenters. The molecule has 0 fully saturated rings. The van der Waals surface area contributed by atoms with Crippen molar-refractivity contribution in [1.82, 2.24) is 19.7 Å². The lowest BCUT2D eigenvalue weighted by Gasteiger charge is -2.17. The van der Waals surface area contributed by atoms with Crippen LogP contribution in [0.3, 0.4) is 0 Å². The largest absolute Gasteiger partial charge is 0.334 e. The fourth-order valence-corrected chi connectivity index (χ4v) is 4.02. The van der Waals surface area contributed by atoms with Gasteiger partial charge in [0, 0.05) is 31.9 Å². The Bertz CT molecular complexity index is 1290. The van der Waals surface area contributed by atoms with Crippen LogP contribution < -0.4 is 15.8 Å². The molecule has 2 amide bonds. The third-order valence-corrected chi connectivity index (χ3v) is 5.67. The Hall–Kier alpha value is -3.82. The Kier molecular flexibility index (Phi) is 5.15. The zero-order valence-corrected chi connectivity index (χ0v) is 18.6. The highest BCUT2D eigenvalue weighted by Crippen LogP contribution is 2.44.